The molecule has 96 valence electrons. The smallest absolute Gasteiger partial charge is 0.244 e. The van der Waals surface area contributed by atoms with Crippen molar-refractivity contribution in [3.05, 3.63) is 41.7 Å². The number of rotatable bonds is 4. The van der Waals surface area contributed by atoms with E-state index in [0.717, 1.165) is 24.8 Å². The summed E-state index contributed by atoms with van der Waals surface area (Å²) in [7, 11) is 0. The van der Waals surface area contributed by atoms with Crippen LogP contribution in [0.15, 0.2) is 30.3 Å². The van der Waals surface area contributed by atoms with Crippen molar-refractivity contribution in [3.63, 3.8) is 0 Å². The van der Waals surface area contributed by atoms with Crippen molar-refractivity contribution < 1.29 is 9.18 Å². The van der Waals surface area contributed by atoms with Gasteiger partial charge in [-0.25, -0.2) is 4.39 Å². The zero-order valence-electron chi connectivity index (χ0n) is 10.2. The van der Waals surface area contributed by atoms with E-state index in [-0.39, 0.29) is 17.3 Å². The fourth-order valence-corrected chi connectivity index (χ4v) is 1.88. The van der Waals surface area contributed by atoms with E-state index in [0.29, 0.717) is 6.54 Å². The van der Waals surface area contributed by atoms with Gasteiger partial charge in [-0.3, -0.25) is 4.79 Å². The van der Waals surface area contributed by atoms with Gasteiger partial charge in [0.15, 0.2) is 0 Å². The van der Waals surface area contributed by atoms with Crippen LogP contribution in [0.1, 0.15) is 24.8 Å². The molecule has 0 aliphatic heterocycles. The fraction of sp³-hybridized carbons (Fsp3) is 0.357. The fourth-order valence-electron chi connectivity index (χ4n) is 1.88. The van der Waals surface area contributed by atoms with Gasteiger partial charge >= 0.3 is 0 Å². The lowest BCUT2D eigenvalue weighted by molar-refractivity contribution is -0.116. The van der Waals surface area contributed by atoms with Crippen LogP contribution in [0.4, 0.5) is 4.39 Å². The molecule has 4 heteroatoms. The van der Waals surface area contributed by atoms with E-state index < -0.39 is 0 Å². The third-order valence-electron chi connectivity index (χ3n) is 3.26. The Kier molecular flexibility index (Phi) is 3.77. The van der Waals surface area contributed by atoms with Crippen LogP contribution in [-0.4, -0.2) is 18.0 Å². The molecular formula is C14H17FN2O. The maximum absolute atomic E-state index is 12.7. The summed E-state index contributed by atoms with van der Waals surface area (Å²) in [6.45, 7) is 0.513. The molecule has 1 saturated carbocycles. The Bertz CT molecular complexity index is 449. The van der Waals surface area contributed by atoms with Gasteiger partial charge in [0, 0.05) is 18.2 Å². The summed E-state index contributed by atoms with van der Waals surface area (Å²) >= 11 is 0. The lowest BCUT2D eigenvalue weighted by Gasteiger charge is -2.37. The van der Waals surface area contributed by atoms with Crippen LogP contribution in [0.3, 0.4) is 0 Å². The standard InChI is InChI=1S/C14H17FN2O/c15-12-5-2-11(3-6-12)4-7-13(18)17-10-14(16)8-1-9-14/h2-7H,1,8-10,16H2,(H,17,18)/b7-4+. The van der Waals surface area contributed by atoms with Gasteiger partial charge in [0.2, 0.25) is 5.91 Å². The maximum Gasteiger partial charge on any atom is 0.244 e. The SMILES string of the molecule is NC1(CNC(=O)/C=C/c2ccc(F)cc2)CCC1. The molecule has 3 N–H and O–H groups in total. The van der Waals surface area contributed by atoms with Crippen molar-refractivity contribution in [2.75, 3.05) is 6.54 Å². The van der Waals surface area contributed by atoms with Crippen LogP contribution in [-0.2, 0) is 4.79 Å². The number of nitrogens with one attached hydrogen (secondary N) is 1. The number of amides is 1. The Morgan fingerprint density at radius 3 is 2.61 bits per heavy atom. The molecular weight excluding hydrogens is 231 g/mol. The van der Waals surface area contributed by atoms with Gasteiger partial charge in [0.1, 0.15) is 5.82 Å². The monoisotopic (exact) mass is 248 g/mol. The van der Waals surface area contributed by atoms with Crippen LogP contribution in [0.5, 0.6) is 0 Å². The van der Waals surface area contributed by atoms with Gasteiger partial charge in [0.25, 0.3) is 0 Å². The lowest BCUT2D eigenvalue weighted by atomic mass is 9.78. The number of hydrogen-bond acceptors (Lipinski definition) is 2. The Balaban J connectivity index is 1.81. The molecule has 1 fully saturated rings. The molecule has 0 spiro atoms. The minimum absolute atomic E-state index is 0.170. The van der Waals surface area contributed by atoms with E-state index in [1.807, 2.05) is 0 Å². The van der Waals surface area contributed by atoms with Crippen molar-refractivity contribution in [2.24, 2.45) is 5.73 Å². The highest BCUT2D eigenvalue weighted by molar-refractivity contribution is 5.91. The van der Waals surface area contributed by atoms with Crippen molar-refractivity contribution in [1.82, 2.24) is 5.32 Å². The second-order valence-corrected chi connectivity index (χ2v) is 4.82. The highest BCUT2D eigenvalue weighted by Crippen LogP contribution is 2.27. The number of carbonyl (C=O) groups is 1. The predicted octanol–water partition coefficient (Wildman–Crippen LogP) is 1.84. The molecule has 1 aliphatic carbocycles. The highest BCUT2D eigenvalue weighted by atomic mass is 19.1. The summed E-state index contributed by atoms with van der Waals surface area (Å²) in [6.07, 6.45) is 6.16. The molecule has 0 saturated heterocycles. The Morgan fingerprint density at radius 2 is 2.06 bits per heavy atom. The quantitative estimate of drug-likeness (QED) is 0.799. The normalized spacial score (nSPS) is 17.4. The molecule has 2 rings (SSSR count). The van der Waals surface area contributed by atoms with E-state index in [2.05, 4.69) is 5.32 Å². The molecule has 18 heavy (non-hydrogen) atoms. The summed E-state index contributed by atoms with van der Waals surface area (Å²) in [6, 6.07) is 5.96. The Morgan fingerprint density at radius 1 is 1.39 bits per heavy atom. The predicted molar refractivity (Wildman–Crippen MR) is 69.2 cm³/mol. The number of carbonyl (C=O) groups excluding carboxylic acids is 1. The second-order valence-electron chi connectivity index (χ2n) is 4.82. The van der Waals surface area contributed by atoms with Gasteiger partial charge in [-0.2, -0.15) is 0 Å². The highest BCUT2D eigenvalue weighted by Gasteiger charge is 2.32. The van der Waals surface area contributed by atoms with E-state index in [1.165, 1.54) is 18.2 Å². The van der Waals surface area contributed by atoms with Gasteiger partial charge < -0.3 is 11.1 Å². The number of halogens is 1. The first kappa shape index (κ1) is 12.8. The summed E-state index contributed by atoms with van der Waals surface area (Å²) in [5, 5.41) is 2.78. The van der Waals surface area contributed by atoms with E-state index in [4.69, 9.17) is 5.73 Å². The van der Waals surface area contributed by atoms with Crippen LogP contribution < -0.4 is 11.1 Å². The van der Waals surface area contributed by atoms with Crippen molar-refractivity contribution in [1.29, 1.82) is 0 Å². The Labute approximate surface area is 106 Å². The minimum atomic E-state index is -0.286. The Hall–Kier alpha value is -1.68. The first-order valence-electron chi connectivity index (χ1n) is 6.08. The molecule has 0 heterocycles. The van der Waals surface area contributed by atoms with Crippen molar-refractivity contribution in [2.45, 2.75) is 24.8 Å². The van der Waals surface area contributed by atoms with Crippen LogP contribution in [0, 0.1) is 5.82 Å². The molecule has 0 unspecified atom stereocenters. The molecule has 0 radical (unpaired) electrons. The largest absolute Gasteiger partial charge is 0.351 e. The van der Waals surface area contributed by atoms with Gasteiger partial charge in [-0.15, -0.1) is 0 Å². The van der Waals surface area contributed by atoms with Crippen molar-refractivity contribution >= 4 is 12.0 Å². The molecule has 0 aromatic heterocycles. The zero-order chi connectivity index (χ0) is 13.0. The first-order chi connectivity index (χ1) is 8.57. The molecule has 3 nitrogen and oxygen atoms in total. The number of nitrogens with two attached hydrogens (primary N) is 1. The molecule has 1 amide bonds. The molecule has 1 aromatic rings. The van der Waals surface area contributed by atoms with Crippen LogP contribution in [0.25, 0.3) is 6.08 Å². The second kappa shape index (κ2) is 5.31. The maximum atomic E-state index is 12.7. The van der Waals surface area contributed by atoms with Crippen molar-refractivity contribution in [3.8, 4) is 0 Å². The van der Waals surface area contributed by atoms with Crippen LogP contribution in [0.2, 0.25) is 0 Å². The lowest BCUT2D eigenvalue weighted by Crippen LogP contribution is -2.54. The summed E-state index contributed by atoms with van der Waals surface area (Å²) in [5.74, 6) is -0.456. The molecule has 1 aliphatic rings. The molecule has 1 aromatic carbocycles. The average Bonchev–Trinajstić information content (AvgIpc) is 2.33. The summed E-state index contributed by atoms with van der Waals surface area (Å²) < 4.78 is 12.7. The van der Waals surface area contributed by atoms with Gasteiger partial charge in [-0.05, 0) is 43.0 Å². The third-order valence-corrected chi connectivity index (χ3v) is 3.26. The third kappa shape index (κ3) is 3.40. The number of hydrogen-bond donors (Lipinski definition) is 2. The topological polar surface area (TPSA) is 55.1 Å². The number of benzene rings is 1. The summed E-state index contributed by atoms with van der Waals surface area (Å²) in [4.78, 5) is 11.5. The zero-order valence-corrected chi connectivity index (χ0v) is 10.2. The van der Waals surface area contributed by atoms with Gasteiger partial charge in [0.05, 0.1) is 0 Å². The van der Waals surface area contributed by atoms with E-state index in [9.17, 15) is 9.18 Å². The van der Waals surface area contributed by atoms with E-state index in [1.54, 1.807) is 18.2 Å². The first-order valence-corrected chi connectivity index (χ1v) is 6.08. The average molecular weight is 248 g/mol. The van der Waals surface area contributed by atoms with Gasteiger partial charge in [-0.1, -0.05) is 12.1 Å². The summed E-state index contributed by atoms with van der Waals surface area (Å²) in [5.41, 5.74) is 6.58. The molecule has 0 bridgehead atoms. The minimum Gasteiger partial charge on any atom is -0.351 e. The molecule has 0 atom stereocenters. The van der Waals surface area contributed by atoms with Crippen LogP contribution >= 0.6 is 0 Å². The van der Waals surface area contributed by atoms with E-state index >= 15 is 0 Å².